The Labute approximate surface area is 145 Å². The van der Waals surface area contributed by atoms with Crippen molar-refractivity contribution < 1.29 is 14.3 Å². The summed E-state index contributed by atoms with van der Waals surface area (Å²) in [6.07, 6.45) is 1.34. The van der Waals surface area contributed by atoms with E-state index in [9.17, 15) is 9.59 Å². The normalized spacial score (nSPS) is 13.4. The SMILES string of the molecule is N#Cc1ccccc1OCC(=O)Nc1ccccc1N1CCCC1=O. The van der Waals surface area contributed by atoms with Crippen molar-refractivity contribution >= 4 is 23.2 Å². The van der Waals surface area contributed by atoms with Crippen molar-refractivity contribution in [1.82, 2.24) is 0 Å². The standard InChI is InChI=1S/C19H17N3O3/c20-12-14-6-1-4-9-17(14)25-13-18(23)21-15-7-2-3-8-16(15)22-11-5-10-19(22)24/h1-4,6-9H,5,10-11,13H2,(H,21,23). The summed E-state index contributed by atoms with van der Waals surface area (Å²) in [5, 5.41) is 11.8. The molecule has 0 aromatic heterocycles. The zero-order valence-electron chi connectivity index (χ0n) is 13.6. The van der Waals surface area contributed by atoms with Crippen molar-refractivity contribution in [3.8, 4) is 11.8 Å². The highest BCUT2D eigenvalue weighted by molar-refractivity contribution is 6.02. The number of para-hydroxylation sites is 3. The van der Waals surface area contributed by atoms with Gasteiger partial charge in [0, 0.05) is 13.0 Å². The molecule has 1 fully saturated rings. The van der Waals surface area contributed by atoms with Crippen LogP contribution in [0.15, 0.2) is 48.5 Å². The average molecular weight is 335 g/mol. The third kappa shape index (κ3) is 3.78. The molecule has 0 aliphatic carbocycles. The van der Waals surface area contributed by atoms with Crippen molar-refractivity contribution in [2.75, 3.05) is 23.4 Å². The lowest BCUT2D eigenvalue weighted by Crippen LogP contribution is -2.27. The molecule has 1 heterocycles. The molecule has 0 saturated carbocycles. The molecule has 0 spiro atoms. The van der Waals surface area contributed by atoms with E-state index in [0.717, 1.165) is 6.42 Å². The molecule has 6 nitrogen and oxygen atoms in total. The zero-order chi connectivity index (χ0) is 17.6. The summed E-state index contributed by atoms with van der Waals surface area (Å²) in [6, 6.07) is 15.9. The first-order valence-corrected chi connectivity index (χ1v) is 8.00. The fourth-order valence-electron chi connectivity index (χ4n) is 2.73. The van der Waals surface area contributed by atoms with Gasteiger partial charge in [0.2, 0.25) is 5.91 Å². The predicted octanol–water partition coefficient (Wildman–Crippen LogP) is 2.70. The first-order valence-electron chi connectivity index (χ1n) is 8.00. The number of rotatable bonds is 5. The van der Waals surface area contributed by atoms with E-state index in [1.807, 2.05) is 18.2 Å². The first-order chi connectivity index (χ1) is 12.2. The number of nitrogens with zero attached hydrogens (tertiary/aromatic N) is 2. The molecule has 2 aromatic rings. The molecule has 25 heavy (non-hydrogen) atoms. The first kappa shape index (κ1) is 16.5. The summed E-state index contributed by atoms with van der Waals surface area (Å²) in [5.41, 5.74) is 1.63. The Hall–Kier alpha value is -3.33. The summed E-state index contributed by atoms with van der Waals surface area (Å²) in [6.45, 7) is 0.429. The lowest BCUT2D eigenvalue weighted by Gasteiger charge is -2.20. The molecule has 1 aliphatic rings. The Kier molecular flexibility index (Phi) is 4.95. The highest BCUT2D eigenvalue weighted by Gasteiger charge is 2.24. The van der Waals surface area contributed by atoms with Gasteiger partial charge in [0.05, 0.1) is 16.9 Å². The molecule has 2 aromatic carbocycles. The molecule has 0 atom stereocenters. The van der Waals surface area contributed by atoms with Gasteiger partial charge in [-0.05, 0) is 30.7 Å². The largest absolute Gasteiger partial charge is 0.482 e. The van der Waals surface area contributed by atoms with Gasteiger partial charge in [-0.1, -0.05) is 24.3 Å². The molecule has 1 N–H and O–H groups in total. The van der Waals surface area contributed by atoms with Crippen LogP contribution in [0.5, 0.6) is 5.75 Å². The van der Waals surface area contributed by atoms with Crippen molar-refractivity contribution in [2.24, 2.45) is 0 Å². The molecule has 0 radical (unpaired) electrons. The van der Waals surface area contributed by atoms with Crippen LogP contribution in [0.4, 0.5) is 11.4 Å². The Morgan fingerprint density at radius 3 is 2.72 bits per heavy atom. The van der Waals surface area contributed by atoms with Crippen LogP contribution in [-0.4, -0.2) is 25.0 Å². The van der Waals surface area contributed by atoms with Crippen molar-refractivity contribution in [3.63, 3.8) is 0 Å². The molecule has 6 heteroatoms. The molecular weight excluding hydrogens is 318 g/mol. The number of hydrogen-bond acceptors (Lipinski definition) is 4. The van der Waals surface area contributed by atoms with Gasteiger partial charge < -0.3 is 15.0 Å². The van der Waals surface area contributed by atoms with Crippen LogP contribution in [0.25, 0.3) is 0 Å². The van der Waals surface area contributed by atoms with Gasteiger partial charge in [0.15, 0.2) is 6.61 Å². The summed E-state index contributed by atoms with van der Waals surface area (Å²) >= 11 is 0. The minimum Gasteiger partial charge on any atom is -0.482 e. The number of nitriles is 1. The number of carbonyl (C=O) groups is 2. The topological polar surface area (TPSA) is 82.4 Å². The van der Waals surface area contributed by atoms with Crippen molar-refractivity contribution in [3.05, 3.63) is 54.1 Å². The molecule has 2 amide bonds. The summed E-state index contributed by atoms with van der Waals surface area (Å²) in [4.78, 5) is 25.8. The Balaban J connectivity index is 1.68. The highest BCUT2D eigenvalue weighted by atomic mass is 16.5. The van der Waals surface area contributed by atoms with Gasteiger partial charge >= 0.3 is 0 Å². The van der Waals surface area contributed by atoms with E-state index in [-0.39, 0.29) is 18.4 Å². The quantitative estimate of drug-likeness (QED) is 0.911. The lowest BCUT2D eigenvalue weighted by atomic mass is 10.2. The maximum atomic E-state index is 12.2. The maximum Gasteiger partial charge on any atom is 0.262 e. The summed E-state index contributed by atoms with van der Waals surface area (Å²) in [5.74, 6) is 0.0656. The van der Waals surface area contributed by atoms with Crippen LogP contribution in [0.3, 0.4) is 0 Å². The number of anilines is 2. The second-order valence-corrected chi connectivity index (χ2v) is 5.61. The second kappa shape index (κ2) is 7.49. The number of amides is 2. The van der Waals surface area contributed by atoms with E-state index < -0.39 is 0 Å². The van der Waals surface area contributed by atoms with Gasteiger partial charge in [0.1, 0.15) is 11.8 Å². The van der Waals surface area contributed by atoms with Crippen LogP contribution >= 0.6 is 0 Å². The van der Waals surface area contributed by atoms with Gasteiger partial charge in [-0.15, -0.1) is 0 Å². The van der Waals surface area contributed by atoms with Crippen LogP contribution in [0, 0.1) is 11.3 Å². The molecule has 1 aliphatic heterocycles. The van der Waals surface area contributed by atoms with Crippen LogP contribution in [-0.2, 0) is 9.59 Å². The average Bonchev–Trinajstić information content (AvgIpc) is 3.06. The van der Waals surface area contributed by atoms with Crippen molar-refractivity contribution in [1.29, 1.82) is 5.26 Å². The third-order valence-electron chi connectivity index (χ3n) is 3.91. The summed E-state index contributed by atoms with van der Waals surface area (Å²) in [7, 11) is 0. The molecule has 0 unspecified atom stereocenters. The third-order valence-corrected chi connectivity index (χ3v) is 3.91. The molecular formula is C19H17N3O3. The fourth-order valence-corrected chi connectivity index (χ4v) is 2.73. The Morgan fingerprint density at radius 2 is 1.96 bits per heavy atom. The van der Waals surface area contributed by atoms with E-state index in [1.165, 1.54) is 0 Å². The van der Waals surface area contributed by atoms with Crippen LogP contribution < -0.4 is 15.0 Å². The number of nitrogens with one attached hydrogen (secondary N) is 1. The van der Waals surface area contributed by atoms with E-state index in [2.05, 4.69) is 5.32 Å². The zero-order valence-corrected chi connectivity index (χ0v) is 13.6. The smallest absolute Gasteiger partial charge is 0.262 e. The van der Waals surface area contributed by atoms with Gasteiger partial charge in [-0.3, -0.25) is 9.59 Å². The van der Waals surface area contributed by atoms with Gasteiger partial charge in [0.25, 0.3) is 5.91 Å². The Morgan fingerprint density at radius 1 is 1.20 bits per heavy atom. The molecule has 0 bridgehead atoms. The predicted molar refractivity (Wildman–Crippen MR) is 93.3 cm³/mol. The maximum absolute atomic E-state index is 12.2. The number of ether oxygens (including phenoxy) is 1. The Bertz CT molecular complexity index is 842. The van der Waals surface area contributed by atoms with Crippen molar-refractivity contribution in [2.45, 2.75) is 12.8 Å². The minimum atomic E-state index is -0.355. The fraction of sp³-hybridized carbons (Fsp3) is 0.211. The number of carbonyl (C=O) groups excluding carboxylic acids is 2. The van der Waals surface area contributed by atoms with Gasteiger partial charge in [-0.25, -0.2) is 0 Å². The molecule has 126 valence electrons. The van der Waals surface area contributed by atoms with Crippen LogP contribution in [0.2, 0.25) is 0 Å². The van der Waals surface area contributed by atoms with E-state index >= 15 is 0 Å². The molecule has 1 saturated heterocycles. The number of benzene rings is 2. The highest BCUT2D eigenvalue weighted by Crippen LogP contribution is 2.29. The molecule has 3 rings (SSSR count). The van der Waals surface area contributed by atoms with E-state index in [4.69, 9.17) is 10.00 Å². The van der Waals surface area contributed by atoms with Gasteiger partial charge in [-0.2, -0.15) is 5.26 Å². The van der Waals surface area contributed by atoms with Crippen LogP contribution in [0.1, 0.15) is 18.4 Å². The number of hydrogen-bond donors (Lipinski definition) is 1. The monoisotopic (exact) mass is 335 g/mol. The lowest BCUT2D eigenvalue weighted by molar-refractivity contribution is -0.118. The second-order valence-electron chi connectivity index (χ2n) is 5.61. The van der Waals surface area contributed by atoms with E-state index in [1.54, 1.807) is 41.3 Å². The minimum absolute atomic E-state index is 0.0564. The van der Waals surface area contributed by atoms with E-state index in [0.29, 0.717) is 35.7 Å². The summed E-state index contributed by atoms with van der Waals surface area (Å²) < 4.78 is 5.43.